The van der Waals surface area contributed by atoms with Gasteiger partial charge in [-0.05, 0) is 40.7 Å². The summed E-state index contributed by atoms with van der Waals surface area (Å²) in [6, 6.07) is 15.9. The van der Waals surface area contributed by atoms with Crippen LogP contribution in [0.1, 0.15) is 49.8 Å². The third-order valence-electron chi connectivity index (χ3n) is 6.00. The Morgan fingerprint density at radius 3 is 2.30 bits per heavy atom. The molecule has 140 valence electrons. The van der Waals surface area contributed by atoms with E-state index in [9.17, 15) is 0 Å². The molecule has 0 saturated carbocycles. The van der Waals surface area contributed by atoms with Gasteiger partial charge in [-0.1, -0.05) is 93.5 Å². The van der Waals surface area contributed by atoms with E-state index in [2.05, 4.69) is 80.6 Å². The molecule has 0 amide bonds. The Morgan fingerprint density at radius 1 is 0.926 bits per heavy atom. The molecule has 2 aromatic carbocycles. The standard InChI is InChI=1S/C24H26.2ClH.Zr/c1-3-4-16-24(2,19-11-6-7-12-19)23-15-9-14-21-20-13-8-5-10-18(20)17-22(21)23;;;/h5-15,19H,3-4,16-17H2,1-2H3;2*1H;/q;;;+2/p-2. The van der Waals surface area contributed by atoms with Crippen molar-refractivity contribution in [2.75, 3.05) is 0 Å². The summed E-state index contributed by atoms with van der Waals surface area (Å²) in [6.07, 6.45) is 14.1. The van der Waals surface area contributed by atoms with E-state index in [-0.39, 0.29) is 56.4 Å². The minimum atomic E-state index is 0. The number of allylic oxidation sites excluding steroid dienone is 4. The second-order valence-electron chi connectivity index (χ2n) is 7.48. The van der Waals surface area contributed by atoms with Crippen LogP contribution in [0.25, 0.3) is 11.1 Å². The van der Waals surface area contributed by atoms with Gasteiger partial charge in [-0.25, -0.2) is 0 Å². The van der Waals surface area contributed by atoms with E-state index in [1.54, 1.807) is 11.1 Å². The van der Waals surface area contributed by atoms with Crippen LogP contribution in [0.15, 0.2) is 66.8 Å². The summed E-state index contributed by atoms with van der Waals surface area (Å²) in [5.41, 5.74) is 7.68. The number of unbranched alkanes of at least 4 members (excludes halogenated alkanes) is 1. The van der Waals surface area contributed by atoms with Crippen LogP contribution in [0.5, 0.6) is 0 Å². The first-order chi connectivity index (χ1) is 11.7. The van der Waals surface area contributed by atoms with Gasteiger partial charge >= 0.3 is 26.2 Å². The Kier molecular flexibility index (Phi) is 9.26. The molecule has 0 nitrogen and oxygen atoms in total. The van der Waals surface area contributed by atoms with Crippen LogP contribution in [0.2, 0.25) is 0 Å². The molecule has 1 atom stereocenters. The largest absolute Gasteiger partial charge is 2.00 e. The molecular weight excluding hydrogens is 450 g/mol. The van der Waals surface area contributed by atoms with Gasteiger partial charge in [0.2, 0.25) is 0 Å². The fraction of sp³-hybridized carbons (Fsp3) is 0.333. The van der Waals surface area contributed by atoms with Crippen LogP contribution in [-0.2, 0) is 38.0 Å². The van der Waals surface area contributed by atoms with Crippen LogP contribution < -0.4 is 24.8 Å². The molecule has 2 aliphatic carbocycles. The van der Waals surface area contributed by atoms with Crippen molar-refractivity contribution in [1.82, 2.24) is 0 Å². The SMILES string of the molecule is CCCCC(C)(c1cccc2c1Cc1ccccc1-2)C1C=CC=C1.[Cl-].[Cl-].[Zr+2]. The Morgan fingerprint density at radius 2 is 1.59 bits per heavy atom. The summed E-state index contributed by atoms with van der Waals surface area (Å²) >= 11 is 0. The van der Waals surface area contributed by atoms with Gasteiger partial charge in [0.25, 0.3) is 0 Å². The van der Waals surface area contributed by atoms with Gasteiger partial charge in [-0.15, -0.1) is 0 Å². The molecule has 3 heteroatoms. The molecule has 1 unspecified atom stereocenters. The van der Waals surface area contributed by atoms with Gasteiger partial charge in [0.15, 0.2) is 0 Å². The summed E-state index contributed by atoms with van der Waals surface area (Å²) in [4.78, 5) is 0. The summed E-state index contributed by atoms with van der Waals surface area (Å²) in [7, 11) is 0. The molecule has 0 aromatic heterocycles. The van der Waals surface area contributed by atoms with Crippen LogP contribution in [0.3, 0.4) is 0 Å². The number of halogens is 2. The van der Waals surface area contributed by atoms with Gasteiger partial charge < -0.3 is 24.8 Å². The molecule has 0 spiro atoms. The molecule has 0 saturated heterocycles. The summed E-state index contributed by atoms with van der Waals surface area (Å²) in [5.74, 6) is 0.513. The third-order valence-corrected chi connectivity index (χ3v) is 6.00. The summed E-state index contributed by atoms with van der Waals surface area (Å²) < 4.78 is 0. The Hall–Kier alpha value is -0.617. The van der Waals surface area contributed by atoms with Crippen LogP contribution in [0, 0.1) is 5.92 Å². The molecule has 27 heavy (non-hydrogen) atoms. The van der Waals surface area contributed by atoms with Crippen molar-refractivity contribution in [3.05, 3.63) is 83.5 Å². The van der Waals surface area contributed by atoms with Crippen molar-refractivity contribution in [3.63, 3.8) is 0 Å². The maximum atomic E-state index is 2.48. The van der Waals surface area contributed by atoms with Crippen LogP contribution >= 0.6 is 0 Å². The first-order valence-electron chi connectivity index (χ1n) is 9.29. The molecule has 0 N–H and O–H groups in total. The first kappa shape index (κ1) is 24.4. The fourth-order valence-corrected chi connectivity index (χ4v) is 4.57. The molecule has 0 radical (unpaired) electrons. The monoisotopic (exact) mass is 474 g/mol. The second kappa shape index (κ2) is 10.2. The predicted molar refractivity (Wildman–Crippen MR) is 103 cm³/mol. The zero-order valence-electron chi connectivity index (χ0n) is 16.0. The molecule has 2 aromatic rings. The molecule has 2 aliphatic rings. The summed E-state index contributed by atoms with van der Waals surface area (Å²) in [5, 5.41) is 0. The average molecular weight is 477 g/mol. The zero-order valence-corrected chi connectivity index (χ0v) is 20.0. The van der Waals surface area contributed by atoms with Gasteiger partial charge in [0.05, 0.1) is 0 Å². The first-order valence-corrected chi connectivity index (χ1v) is 9.29. The topological polar surface area (TPSA) is 0 Å². The maximum absolute atomic E-state index is 2.48. The second-order valence-corrected chi connectivity index (χ2v) is 7.48. The molecule has 0 bridgehead atoms. The van der Waals surface area contributed by atoms with Crippen LogP contribution in [-0.4, -0.2) is 0 Å². The van der Waals surface area contributed by atoms with Crippen LogP contribution in [0.4, 0.5) is 0 Å². The minimum absolute atomic E-state index is 0. The number of benzene rings is 2. The van der Waals surface area contributed by atoms with E-state index >= 15 is 0 Å². The Balaban J connectivity index is 0.00000121. The smallest absolute Gasteiger partial charge is 1.00 e. The predicted octanol–water partition coefficient (Wildman–Crippen LogP) is 0.453. The van der Waals surface area contributed by atoms with E-state index in [1.807, 2.05) is 0 Å². The van der Waals surface area contributed by atoms with Crippen molar-refractivity contribution in [1.29, 1.82) is 0 Å². The summed E-state index contributed by atoms with van der Waals surface area (Å²) in [6.45, 7) is 4.78. The Bertz CT molecular complexity index is 813. The normalized spacial score (nSPS) is 15.8. The van der Waals surface area contributed by atoms with Gasteiger partial charge in [0, 0.05) is 11.3 Å². The number of fused-ring (bicyclic) bond motifs is 3. The van der Waals surface area contributed by atoms with Crippen molar-refractivity contribution in [2.45, 2.75) is 44.9 Å². The van der Waals surface area contributed by atoms with E-state index < -0.39 is 0 Å². The van der Waals surface area contributed by atoms with Gasteiger partial charge in [-0.2, -0.15) is 0 Å². The van der Waals surface area contributed by atoms with Crippen molar-refractivity contribution in [2.24, 2.45) is 5.92 Å². The molecular formula is C24H26Cl2Zr. The number of rotatable bonds is 5. The van der Waals surface area contributed by atoms with Crippen molar-refractivity contribution in [3.8, 4) is 11.1 Å². The van der Waals surface area contributed by atoms with E-state index in [1.165, 1.54) is 36.0 Å². The molecule has 4 rings (SSSR count). The van der Waals surface area contributed by atoms with Crippen molar-refractivity contribution < 1.29 is 51.0 Å². The third kappa shape index (κ3) is 4.37. The molecule has 0 fully saturated rings. The van der Waals surface area contributed by atoms with Gasteiger partial charge in [-0.3, -0.25) is 0 Å². The Labute approximate surface area is 195 Å². The molecule has 0 heterocycles. The fourth-order valence-electron chi connectivity index (χ4n) is 4.57. The van der Waals surface area contributed by atoms with E-state index in [0.29, 0.717) is 5.92 Å². The number of hydrogen-bond acceptors (Lipinski definition) is 0. The quantitative estimate of drug-likeness (QED) is 0.502. The number of hydrogen-bond donors (Lipinski definition) is 0. The maximum Gasteiger partial charge on any atom is 2.00 e. The molecule has 0 aliphatic heterocycles. The van der Waals surface area contributed by atoms with Gasteiger partial charge in [0.1, 0.15) is 0 Å². The average Bonchev–Trinajstić information content (AvgIpc) is 3.27. The van der Waals surface area contributed by atoms with Crippen molar-refractivity contribution >= 4 is 0 Å². The zero-order chi connectivity index (χ0) is 16.6. The minimum Gasteiger partial charge on any atom is -1.00 e. The van der Waals surface area contributed by atoms with E-state index in [0.717, 1.165) is 6.42 Å². The van der Waals surface area contributed by atoms with E-state index in [4.69, 9.17) is 0 Å².